The third-order valence-electron chi connectivity index (χ3n) is 5.16. The minimum atomic E-state index is -0.591. The molecule has 0 spiro atoms. The molecule has 1 saturated carbocycles. The molecular weight excluding hydrogens is 439 g/mol. The quantitative estimate of drug-likeness (QED) is 0.538. The first kappa shape index (κ1) is 19.4. The average molecular weight is 457 g/mol. The largest absolute Gasteiger partial charge is 0.469 e. The fourth-order valence-electron chi connectivity index (χ4n) is 3.30. The summed E-state index contributed by atoms with van der Waals surface area (Å²) in [5.41, 5.74) is 1.11. The van der Waals surface area contributed by atoms with Gasteiger partial charge in [-0.05, 0) is 61.7 Å². The van der Waals surface area contributed by atoms with E-state index in [4.69, 9.17) is 4.42 Å². The zero-order valence-electron chi connectivity index (χ0n) is 15.6. The molecule has 5 nitrogen and oxygen atoms in total. The smallest absolute Gasteiger partial charge is 0.259 e. The lowest BCUT2D eigenvalue weighted by Crippen LogP contribution is -2.27. The highest BCUT2D eigenvalue weighted by Gasteiger charge is 2.51. The van der Waals surface area contributed by atoms with E-state index < -0.39 is 17.1 Å². The van der Waals surface area contributed by atoms with Crippen LogP contribution in [-0.4, -0.2) is 11.8 Å². The van der Waals surface area contributed by atoms with Crippen molar-refractivity contribution >= 4 is 39.1 Å². The highest BCUT2D eigenvalue weighted by atomic mass is 79.9. The van der Waals surface area contributed by atoms with Gasteiger partial charge in [0.2, 0.25) is 5.91 Å². The highest BCUT2D eigenvalue weighted by molar-refractivity contribution is 9.10. The number of hydrogen-bond acceptors (Lipinski definition) is 3. The van der Waals surface area contributed by atoms with Crippen molar-refractivity contribution in [3.05, 3.63) is 82.0 Å². The number of benzene rings is 2. The third-order valence-corrected chi connectivity index (χ3v) is 5.69. The van der Waals surface area contributed by atoms with Gasteiger partial charge < -0.3 is 15.1 Å². The van der Waals surface area contributed by atoms with Gasteiger partial charge in [-0.15, -0.1) is 0 Å². The zero-order chi connectivity index (χ0) is 20.6. The van der Waals surface area contributed by atoms with Crippen LogP contribution in [0.5, 0.6) is 0 Å². The molecule has 0 aliphatic heterocycles. The number of aryl methyl sites for hydroxylation is 1. The topological polar surface area (TPSA) is 71.3 Å². The summed E-state index contributed by atoms with van der Waals surface area (Å²) in [6.07, 6.45) is 2.91. The van der Waals surface area contributed by atoms with Gasteiger partial charge in [-0.3, -0.25) is 9.59 Å². The first-order valence-electron chi connectivity index (χ1n) is 9.11. The van der Waals surface area contributed by atoms with E-state index in [1.54, 1.807) is 6.92 Å². The summed E-state index contributed by atoms with van der Waals surface area (Å²) in [6, 6.07) is 13.3. The van der Waals surface area contributed by atoms with E-state index in [9.17, 15) is 14.0 Å². The van der Waals surface area contributed by atoms with Crippen LogP contribution in [0, 0.1) is 12.7 Å². The summed E-state index contributed by atoms with van der Waals surface area (Å²) >= 11 is 3.40. The summed E-state index contributed by atoms with van der Waals surface area (Å²) in [4.78, 5) is 25.3. The van der Waals surface area contributed by atoms with Gasteiger partial charge in [-0.2, -0.15) is 0 Å². The number of amides is 2. The molecule has 2 amide bonds. The van der Waals surface area contributed by atoms with E-state index in [-0.39, 0.29) is 11.6 Å². The predicted octanol–water partition coefficient (Wildman–Crippen LogP) is 5.41. The maximum absolute atomic E-state index is 14.2. The first-order valence-corrected chi connectivity index (χ1v) is 9.91. The zero-order valence-corrected chi connectivity index (χ0v) is 17.2. The van der Waals surface area contributed by atoms with Crippen LogP contribution in [0.3, 0.4) is 0 Å². The molecule has 2 N–H and O–H groups in total. The van der Waals surface area contributed by atoms with Crippen LogP contribution < -0.4 is 10.6 Å². The molecule has 4 rings (SSSR count). The maximum atomic E-state index is 14.2. The van der Waals surface area contributed by atoms with Gasteiger partial charge in [0.15, 0.2) is 0 Å². The Morgan fingerprint density at radius 2 is 1.79 bits per heavy atom. The Hall–Kier alpha value is -2.93. The lowest BCUT2D eigenvalue weighted by Gasteiger charge is -2.17. The van der Waals surface area contributed by atoms with Crippen molar-refractivity contribution < 1.29 is 18.4 Å². The van der Waals surface area contributed by atoms with Gasteiger partial charge in [0.1, 0.15) is 11.6 Å². The van der Waals surface area contributed by atoms with Crippen molar-refractivity contribution in [1.82, 2.24) is 0 Å². The highest BCUT2D eigenvalue weighted by Crippen LogP contribution is 2.49. The molecule has 0 radical (unpaired) electrons. The second kappa shape index (κ2) is 7.48. The minimum absolute atomic E-state index is 0.0121. The Labute approximate surface area is 175 Å². The molecule has 1 fully saturated rings. The molecule has 0 saturated heterocycles. The van der Waals surface area contributed by atoms with E-state index in [2.05, 4.69) is 26.6 Å². The van der Waals surface area contributed by atoms with Crippen molar-refractivity contribution in [1.29, 1.82) is 0 Å². The number of anilines is 2. The third kappa shape index (κ3) is 3.82. The van der Waals surface area contributed by atoms with Crippen molar-refractivity contribution in [3.63, 3.8) is 0 Å². The van der Waals surface area contributed by atoms with Gasteiger partial charge in [0.25, 0.3) is 5.91 Å². The van der Waals surface area contributed by atoms with Gasteiger partial charge in [0.05, 0.1) is 22.9 Å². The monoisotopic (exact) mass is 456 g/mol. The molecule has 29 heavy (non-hydrogen) atoms. The predicted molar refractivity (Wildman–Crippen MR) is 111 cm³/mol. The van der Waals surface area contributed by atoms with Crippen LogP contribution in [0.1, 0.15) is 34.5 Å². The number of furan rings is 1. The van der Waals surface area contributed by atoms with Crippen LogP contribution in [0.4, 0.5) is 15.8 Å². The van der Waals surface area contributed by atoms with E-state index >= 15 is 0 Å². The molecule has 0 bridgehead atoms. The second-order valence-electron chi connectivity index (χ2n) is 7.08. The fraction of sp³-hybridized carbons (Fsp3) is 0.182. The fourth-order valence-corrected chi connectivity index (χ4v) is 3.56. The molecule has 2 aromatic carbocycles. The summed E-state index contributed by atoms with van der Waals surface area (Å²) in [7, 11) is 0. The molecule has 7 heteroatoms. The van der Waals surface area contributed by atoms with Crippen LogP contribution in [-0.2, 0) is 10.2 Å². The molecular formula is C22H18BrFN2O3. The minimum Gasteiger partial charge on any atom is -0.469 e. The summed E-state index contributed by atoms with van der Waals surface area (Å²) in [5, 5.41) is 5.39. The SMILES string of the molecule is Cc1occc1C(=O)Nc1cc(NC(=O)C2(c3ccc(Br)cc3)CC2)ccc1F. The van der Waals surface area contributed by atoms with E-state index in [0.29, 0.717) is 17.0 Å². The Morgan fingerprint density at radius 3 is 2.41 bits per heavy atom. The van der Waals surface area contributed by atoms with Crippen molar-refractivity contribution in [3.8, 4) is 0 Å². The molecule has 1 aromatic heterocycles. The van der Waals surface area contributed by atoms with Crippen LogP contribution >= 0.6 is 15.9 Å². The Morgan fingerprint density at radius 1 is 1.07 bits per heavy atom. The van der Waals surface area contributed by atoms with Gasteiger partial charge in [-0.25, -0.2) is 4.39 Å². The number of halogens is 2. The van der Waals surface area contributed by atoms with Crippen molar-refractivity contribution in [2.24, 2.45) is 0 Å². The van der Waals surface area contributed by atoms with E-state index in [1.165, 1.54) is 30.5 Å². The molecule has 0 atom stereocenters. The van der Waals surface area contributed by atoms with Crippen molar-refractivity contribution in [2.75, 3.05) is 10.6 Å². The van der Waals surface area contributed by atoms with Gasteiger partial charge in [0, 0.05) is 10.2 Å². The summed E-state index contributed by atoms with van der Waals surface area (Å²) < 4.78 is 20.3. The summed E-state index contributed by atoms with van der Waals surface area (Å²) in [6.45, 7) is 1.65. The molecule has 3 aromatic rings. The molecule has 148 valence electrons. The average Bonchev–Trinajstić information content (AvgIpc) is 3.40. The maximum Gasteiger partial charge on any atom is 0.259 e. The number of carbonyl (C=O) groups excluding carboxylic acids is 2. The standard InChI is InChI=1S/C22H18BrFN2O3/c1-13-17(8-11-29-13)20(27)26-19-12-16(6-7-18(19)24)25-21(28)22(9-10-22)14-2-4-15(23)5-3-14/h2-8,11-12H,9-10H2,1H3,(H,25,28)(H,26,27). The number of hydrogen-bond donors (Lipinski definition) is 2. The Bertz CT molecular complexity index is 1090. The molecule has 1 aliphatic rings. The van der Waals surface area contributed by atoms with Crippen LogP contribution in [0.25, 0.3) is 0 Å². The van der Waals surface area contributed by atoms with Crippen LogP contribution in [0.15, 0.2) is 63.7 Å². The van der Waals surface area contributed by atoms with Gasteiger partial charge in [-0.1, -0.05) is 28.1 Å². The second-order valence-corrected chi connectivity index (χ2v) is 8.00. The number of carbonyl (C=O) groups is 2. The van der Waals surface area contributed by atoms with E-state index in [0.717, 1.165) is 22.9 Å². The lowest BCUT2D eigenvalue weighted by molar-refractivity contribution is -0.118. The lowest BCUT2D eigenvalue weighted by atomic mass is 9.95. The molecule has 1 heterocycles. The van der Waals surface area contributed by atoms with Crippen molar-refractivity contribution in [2.45, 2.75) is 25.2 Å². The van der Waals surface area contributed by atoms with E-state index in [1.807, 2.05) is 24.3 Å². The number of nitrogens with one attached hydrogen (secondary N) is 2. The van der Waals surface area contributed by atoms with Crippen LogP contribution in [0.2, 0.25) is 0 Å². The Balaban J connectivity index is 1.52. The first-order chi connectivity index (χ1) is 13.9. The Kier molecular flexibility index (Phi) is 5.00. The number of rotatable bonds is 5. The molecule has 0 unspecified atom stereocenters. The summed E-state index contributed by atoms with van der Waals surface area (Å²) in [5.74, 6) is -0.773. The van der Waals surface area contributed by atoms with Gasteiger partial charge >= 0.3 is 0 Å². The normalized spacial score (nSPS) is 14.3. The molecule has 1 aliphatic carbocycles.